The fourth-order valence-electron chi connectivity index (χ4n) is 5.22. The number of anilines is 1. The van der Waals surface area contributed by atoms with Crippen LogP contribution in [0.4, 0.5) is 5.69 Å². The smallest absolute Gasteiger partial charge is 0.225 e. The van der Waals surface area contributed by atoms with Crippen molar-refractivity contribution in [1.82, 2.24) is 14.7 Å². The third kappa shape index (κ3) is 6.36. The molecule has 0 bridgehead atoms. The molecule has 0 N–H and O–H groups in total. The van der Waals surface area contributed by atoms with Crippen molar-refractivity contribution >= 4 is 11.6 Å². The number of nitrogens with zero attached hydrogens (tertiary/aromatic N) is 4. The Kier molecular flexibility index (Phi) is 8.40. The van der Waals surface area contributed by atoms with Gasteiger partial charge in [-0.05, 0) is 63.0 Å². The lowest BCUT2D eigenvalue weighted by atomic mass is 9.94. The van der Waals surface area contributed by atoms with Crippen molar-refractivity contribution in [3.05, 3.63) is 65.7 Å². The van der Waals surface area contributed by atoms with E-state index in [2.05, 4.69) is 88.0 Å². The largest absolute Gasteiger partial charge is 0.372 e. The number of likely N-dealkylation sites (tertiary alicyclic amines) is 1. The topological polar surface area (TPSA) is 30.0 Å². The van der Waals surface area contributed by atoms with Crippen LogP contribution in [0.25, 0.3) is 0 Å². The van der Waals surface area contributed by atoms with E-state index in [1.807, 2.05) is 0 Å². The Bertz CT molecular complexity index is 849. The van der Waals surface area contributed by atoms with Crippen LogP contribution in [0.3, 0.4) is 0 Å². The number of hydrogen-bond donors (Lipinski definition) is 0. The van der Waals surface area contributed by atoms with Crippen LogP contribution >= 0.6 is 0 Å². The van der Waals surface area contributed by atoms with Gasteiger partial charge in [0.2, 0.25) is 5.91 Å². The molecule has 0 saturated carbocycles. The molecule has 0 radical (unpaired) electrons. The lowest BCUT2D eigenvalue weighted by molar-refractivity contribution is -0.139. The van der Waals surface area contributed by atoms with E-state index in [1.165, 1.54) is 16.8 Å². The number of piperazine rings is 1. The summed E-state index contributed by atoms with van der Waals surface area (Å²) in [6.45, 7) is 14.2. The monoisotopic (exact) mass is 448 g/mol. The summed E-state index contributed by atoms with van der Waals surface area (Å²) in [4.78, 5) is 22.6. The average Bonchev–Trinajstić information content (AvgIpc) is 2.87. The van der Waals surface area contributed by atoms with Gasteiger partial charge in [0.25, 0.3) is 0 Å². The Balaban J connectivity index is 1.19. The first-order valence-electron chi connectivity index (χ1n) is 12.8. The van der Waals surface area contributed by atoms with Crippen LogP contribution < -0.4 is 4.90 Å². The van der Waals surface area contributed by atoms with E-state index >= 15 is 0 Å². The van der Waals surface area contributed by atoms with Crippen molar-refractivity contribution < 1.29 is 4.79 Å². The van der Waals surface area contributed by atoms with Crippen molar-refractivity contribution in [1.29, 1.82) is 0 Å². The average molecular weight is 449 g/mol. The minimum absolute atomic E-state index is 0.201. The molecule has 4 rings (SSSR count). The molecule has 33 heavy (non-hydrogen) atoms. The number of hydrogen-bond acceptors (Lipinski definition) is 4. The van der Waals surface area contributed by atoms with Crippen LogP contribution in [0.1, 0.15) is 37.8 Å². The standard InChI is InChI=1S/C28H40N4O/c1-3-31(4-2)27-12-10-25(11-13-27)23-29-16-14-26(15-17-29)28(33)32-20-18-30(19-21-32)22-24-8-6-5-7-9-24/h5-13,26H,3-4,14-23H2,1-2H3. The van der Waals surface area contributed by atoms with Crippen LogP contribution in [0.5, 0.6) is 0 Å². The molecule has 5 heteroatoms. The highest BCUT2D eigenvalue weighted by molar-refractivity contribution is 5.79. The molecule has 0 unspecified atom stereocenters. The Morgan fingerprint density at radius 1 is 0.758 bits per heavy atom. The van der Waals surface area contributed by atoms with Crippen LogP contribution in [-0.2, 0) is 17.9 Å². The molecule has 2 fully saturated rings. The minimum Gasteiger partial charge on any atom is -0.372 e. The molecule has 0 aromatic heterocycles. The van der Waals surface area contributed by atoms with E-state index in [-0.39, 0.29) is 5.92 Å². The number of carbonyl (C=O) groups excluding carboxylic acids is 1. The predicted molar refractivity (Wildman–Crippen MR) is 136 cm³/mol. The summed E-state index contributed by atoms with van der Waals surface area (Å²) in [5.74, 6) is 0.588. The fourth-order valence-corrected chi connectivity index (χ4v) is 5.22. The van der Waals surface area contributed by atoms with Gasteiger partial charge >= 0.3 is 0 Å². The zero-order valence-corrected chi connectivity index (χ0v) is 20.5. The van der Waals surface area contributed by atoms with E-state index in [0.717, 1.165) is 78.3 Å². The second-order valence-corrected chi connectivity index (χ2v) is 9.48. The molecule has 2 aromatic carbocycles. The van der Waals surface area contributed by atoms with Crippen molar-refractivity contribution in [3.8, 4) is 0 Å². The third-order valence-electron chi connectivity index (χ3n) is 7.34. The van der Waals surface area contributed by atoms with E-state index in [1.54, 1.807) is 0 Å². The van der Waals surface area contributed by atoms with Gasteiger partial charge in [-0.1, -0.05) is 42.5 Å². The Morgan fingerprint density at radius 2 is 1.30 bits per heavy atom. The van der Waals surface area contributed by atoms with E-state index in [4.69, 9.17) is 0 Å². The summed E-state index contributed by atoms with van der Waals surface area (Å²) in [6, 6.07) is 19.7. The third-order valence-corrected chi connectivity index (χ3v) is 7.34. The van der Waals surface area contributed by atoms with Gasteiger partial charge in [-0.25, -0.2) is 0 Å². The van der Waals surface area contributed by atoms with Crippen molar-refractivity contribution in [2.45, 2.75) is 39.8 Å². The van der Waals surface area contributed by atoms with Gasteiger partial charge in [0.15, 0.2) is 0 Å². The second-order valence-electron chi connectivity index (χ2n) is 9.48. The lowest BCUT2D eigenvalue weighted by Crippen LogP contribution is -2.51. The van der Waals surface area contributed by atoms with Crippen LogP contribution in [0, 0.1) is 5.92 Å². The number of amides is 1. The van der Waals surface area contributed by atoms with E-state index in [0.29, 0.717) is 5.91 Å². The highest BCUT2D eigenvalue weighted by Gasteiger charge is 2.30. The Morgan fingerprint density at radius 3 is 1.88 bits per heavy atom. The van der Waals surface area contributed by atoms with Crippen LogP contribution in [-0.4, -0.2) is 73.0 Å². The molecule has 0 aliphatic carbocycles. The van der Waals surface area contributed by atoms with Crippen LogP contribution in [0.15, 0.2) is 54.6 Å². The van der Waals surface area contributed by atoms with Gasteiger partial charge in [-0.3, -0.25) is 14.6 Å². The summed E-state index contributed by atoms with van der Waals surface area (Å²) in [5, 5.41) is 0. The summed E-state index contributed by atoms with van der Waals surface area (Å²) in [7, 11) is 0. The molecule has 0 atom stereocenters. The lowest BCUT2D eigenvalue weighted by Gasteiger charge is -2.38. The first kappa shape index (κ1) is 23.8. The molecular weight excluding hydrogens is 408 g/mol. The molecule has 178 valence electrons. The zero-order chi connectivity index (χ0) is 23.0. The maximum Gasteiger partial charge on any atom is 0.225 e. The molecule has 2 aliphatic rings. The predicted octanol–water partition coefficient (Wildman–Crippen LogP) is 4.09. The van der Waals surface area contributed by atoms with Gasteiger partial charge < -0.3 is 9.80 Å². The molecular formula is C28H40N4O. The zero-order valence-electron chi connectivity index (χ0n) is 20.5. The van der Waals surface area contributed by atoms with Gasteiger partial charge in [-0.2, -0.15) is 0 Å². The van der Waals surface area contributed by atoms with Gasteiger partial charge in [0.1, 0.15) is 0 Å². The number of carbonyl (C=O) groups is 1. The molecule has 5 nitrogen and oxygen atoms in total. The number of piperidine rings is 1. The van der Waals surface area contributed by atoms with Gasteiger partial charge in [-0.15, -0.1) is 0 Å². The normalized spacial score (nSPS) is 18.4. The fraction of sp³-hybridized carbons (Fsp3) is 0.536. The summed E-state index contributed by atoms with van der Waals surface area (Å²) < 4.78 is 0. The SMILES string of the molecule is CCN(CC)c1ccc(CN2CCC(C(=O)N3CCN(Cc4ccccc4)CC3)CC2)cc1. The maximum atomic E-state index is 13.1. The maximum absolute atomic E-state index is 13.1. The number of benzene rings is 2. The van der Waals surface area contributed by atoms with Gasteiger partial charge in [0, 0.05) is 64.0 Å². The molecule has 2 saturated heterocycles. The van der Waals surface area contributed by atoms with Crippen LogP contribution in [0.2, 0.25) is 0 Å². The molecule has 2 aromatic rings. The van der Waals surface area contributed by atoms with Gasteiger partial charge in [0.05, 0.1) is 0 Å². The second kappa shape index (κ2) is 11.7. The van der Waals surface area contributed by atoms with E-state index in [9.17, 15) is 4.79 Å². The first-order chi connectivity index (χ1) is 16.2. The molecule has 2 aliphatic heterocycles. The van der Waals surface area contributed by atoms with Crippen molar-refractivity contribution in [2.24, 2.45) is 5.92 Å². The van der Waals surface area contributed by atoms with E-state index < -0.39 is 0 Å². The Hall–Kier alpha value is -2.37. The quantitative estimate of drug-likeness (QED) is 0.609. The highest BCUT2D eigenvalue weighted by atomic mass is 16.2. The molecule has 2 heterocycles. The van der Waals surface area contributed by atoms with Crippen molar-refractivity contribution in [2.75, 3.05) is 57.3 Å². The summed E-state index contributed by atoms with van der Waals surface area (Å²) >= 11 is 0. The molecule has 0 spiro atoms. The molecule has 1 amide bonds. The minimum atomic E-state index is 0.201. The first-order valence-corrected chi connectivity index (χ1v) is 12.8. The highest BCUT2D eigenvalue weighted by Crippen LogP contribution is 2.23. The summed E-state index contributed by atoms with van der Waals surface area (Å²) in [6.07, 6.45) is 1.97. The number of rotatable bonds is 8. The summed E-state index contributed by atoms with van der Waals surface area (Å²) in [5.41, 5.74) is 4.02. The Labute approximate surface area is 200 Å². The van der Waals surface area contributed by atoms with Crippen molar-refractivity contribution in [3.63, 3.8) is 0 Å².